The van der Waals surface area contributed by atoms with Gasteiger partial charge < -0.3 is 0 Å². The van der Waals surface area contributed by atoms with Crippen LogP contribution in [0.15, 0.2) is 60.7 Å². The van der Waals surface area contributed by atoms with Crippen LogP contribution in [0.4, 0.5) is 0 Å². The first-order valence-electron chi connectivity index (χ1n) is 8.42. The molecule has 0 fully saturated rings. The first-order valence-corrected chi connectivity index (χ1v) is 8.42. The Labute approximate surface area is 137 Å². The second kappa shape index (κ2) is 5.09. The first kappa shape index (κ1) is 14.3. The van der Waals surface area contributed by atoms with Crippen LogP contribution in [0.3, 0.4) is 0 Å². The molecule has 0 nitrogen and oxygen atoms in total. The third-order valence-corrected chi connectivity index (χ3v) is 5.43. The Kier molecular flexibility index (Phi) is 3.16. The molecule has 1 aliphatic carbocycles. The van der Waals surface area contributed by atoms with E-state index < -0.39 is 0 Å². The Morgan fingerprint density at radius 3 is 1.83 bits per heavy atom. The van der Waals surface area contributed by atoms with Gasteiger partial charge in [-0.1, -0.05) is 93.6 Å². The SMILES string of the molecule is CC(C)C1(C)C=CC=c2c(c3ccccc3c3ccccc23)=C1. The molecule has 0 N–H and O–H groups in total. The van der Waals surface area contributed by atoms with Crippen molar-refractivity contribution in [3.63, 3.8) is 0 Å². The highest BCUT2D eigenvalue weighted by Crippen LogP contribution is 2.32. The van der Waals surface area contributed by atoms with Crippen molar-refractivity contribution in [3.8, 4) is 0 Å². The molecule has 0 bridgehead atoms. The number of fused-ring (bicyclic) bond motifs is 6. The molecule has 0 saturated carbocycles. The van der Waals surface area contributed by atoms with E-state index in [4.69, 9.17) is 0 Å². The quantitative estimate of drug-likeness (QED) is 0.567. The number of benzene rings is 3. The summed E-state index contributed by atoms with van der Waals surface area (Å²) in [5.74, 6) is 0.559. The smallest absolute Gasteiger partial charge is 0.00681 e. The fraction of sp³-hybridized carbons (Fsp3) is 0.217. The molecule has 0 aromatic heterocycles. The van der Waals surface area contributed by atoms with Gasteiger partial charge in [0, 0.05) is 5.41 Å². The molecule has 1 aliphatic rings. The summed E-state index contributed by atoms with van der Waals surface area (Å²) in [4.78, 5) is 0. The maximum absolute atomic E-state index is 2.47. The van der Waals surface area contributed by atoms with Crippen molar-refractivity contribution < 1.29 is 0 Å². The van der Waals surface area contributed by atoms with Crippen LogP contribution >= 0.6 is 0 Å². The highest BCUT2D eigenvalue weighted by atomic mass is 14.3. The van der Waals surface area contributed by atoms with E-state index in [1.165, 1.54) is 32.0 Å². The molecular formula is C23H22. The van der Waals surface area contributed by atoms with E-state index in [1.807, 2.05) is 0 Å². The van der Waals surface area contributed by atoms with Crippen LogP contribution in [0.2, 0.25) is 0 Å². The van der Waals surface area contributed by atoms with Gasteiger partial charge in [0.2, 0.25) is 0 Å². The van der Waals surface area contributed by atoms with Crippen molar-refractivity contribution in [2.75, 3.05) is 0 Å². The molecular weight excluding hydrogens is 276 g/mol. The number of hydrogen-bond acceptors (Lipinski definition) is 0. The average Bonchev–Trinajstić information content (AvgIpc) is 2.75. The van der Waals surface area contributed by atoms with Gasteiger partial charge in [-0.15, -0.1) is 0 Å². The zero-order valence-electron chi connectivity index (χ0n) is 14.0. The van der Waals surface area contributed by atoms with Crippen LogP contribution in [0, 0.1) is 11.3 Å². The molecule has 0 heteroatoms. The van der Waals surface area contributed by atoms with Crippen molar-refractivity contribution in [2.24, 2.45) is 11.3 Å². The molecule has 0 amide bonds. The summed E-state index contributed by atoms with van der Waals surface area (Å²) in [5, 5.41) is 8.11. The molecule has 1 unspecified atom stereocenters. The van der Waals surface area contributed by atoms with Crippen molar-refractivity contribution in [3.05, 3.63) is 71.1 Å². The summed E-state index contributed by atoms with van der Waals surface area (Å²) in [6.45, 7) is 6.94. The van der Waals surface area contributed by atoms with E-state index in [-0.39, 0.29) is 5.41 Å². The molecule has 3 aromatic rings. The molecule has 0 heterocycles. The predicted molar refractivity (Wildman–Crippen MR) is 102 cm³/mol. The minimum absolute atomic E-state index is 0.0764. The maximum atomic E-state index is 2.47. The molecule has 1 atom stereocenters. The Bertz CT molecular complexity index is 1050. The van der Waals surface area contributed by atoms with E-state index in [9.17, 15) is 0 Å². The minimum Gasteiger partial charge on any atom is -0.0745 e. The molecule has 0 saturated heterocycles. The summed E-state index contributed by atoms with van der Waals surface area (Å²) in [6, 6.07) is 17.6. The molecule has 0 aliphatic heterocycles. The summed E-state index contributed by atoms with van der Waals surface area (Å²) < 4.78 is 0. The lowest BCUT2D eigenvalue weighted by atomic mass is 9.78. The molecule has 4 rings (SSSR count). The normalized spacial score (nSPS) is 20.2. The highest BCUT2D eigenvalue weighted by molar-refractivity contribution is 6.08. The lowest BCUT2D eigenvalue weighted by Crippen LogP contribution is -2.30. The van der Waals surface area contributed by atoms with E-state index in [0.29, 0.717) is 5.92 Å². The lowest BCUT2D eigenvalue weighted by molar-refractivity contribution is 0.409. The van der Waals surface area contributed by atoms with E-state index in [2.05, 4.69) is 93.6 Å². The van der Waals surface area contributed by atoms with Gasteiger partial charge in [-0.2, -0.15) is 0 Å². The van der Waals surface area contributed by atoms with Crippen molar-refractivity contribution in [2.45, 2.75) is 20.8 Å². The van der Waals surface area contributed by atoms with Crippen molar-refractivity contribution in [1.82, 2.24) is 0 Å². The molecule has 23 heavy (non-hydrogen) atoms. The zero-order valence-corrected chi connectivity index (χ0v) is 14.0. The van der Waals surface area contributed by atoms with Crippen molar-refractivity contribution >= 4 is 33.7 Å². The second-order valence-corrected chi connectivity index (χ2v) is 7.11. The molecule has 0 spiro atoms. The Hall–Kier alpha value is -2.34. The van der Waals surface area contributed by atoms with Crippen molar-refractivity contribution in [1.29, 1.82) is 0 Å². The topological polar surface area (TPSA) is 0 Å². The number of rotatable bonds is 1. The average molecular weight is 298 g/mol. The Balaban J connectivity index is 2.31. The summed E-state index contributed by atoms with van der Waals surface area (Å²) in [6.07, 6.45) is 9.35. The van der Waals surface area contributed by atoms with Gasteiger partial charge in [0.25, 0.3) is 0 Å². The minimum atomic E-state index is 0.0764. The summed E-state index contributed by atoms with van der Waals surface area (Å²) in [5.41, 5.74) is 0.0764. The van der Waals surface area contributed by atoms with E-state index in [0.717, 1.165) is 0 Å². The van der Waals surface area contributed by atoms with Crippen LogP contribution < -0.4 is 10.4 Å². The van der Waals surface area contributed by atoms with Crippen LogP contribution in [0.25, 0.3) is 33.7 Å². The molecule has 0 radical (unpaired) electrons. The fourth-order valence-electron chi connectivity index (χ4n) is 3.60. The van der Waals surface area contributed by atoms with E-state index >= 15 is 0 Å². The van der Waals surface area contributed by atoms with Gasteiger partial charge in [0.1, 0.15) is 0 Å². The zero-order chi connectivity index (χ0) is 16.0. The van der Waals surface area contributed by atoms with Crippen LogP contribution in [0.1, 0.15) is 20.8 Å². The fourth-order valence-corrected chi connectivity index (χ4v) is 3.60. The Morgan fingerprint density at radius 2 is 1.26 bits per heavy atom. The third-order valence-electron chi connectivity index (χ3n) is 5.43. The van der Waals surface area contributed by atoms with Crippen LogP contribution in [0.5, 0.6) is 0 Å². The Morgan fingerprint density at radius 1 is 0.739 bits per heavy atom. The van der Waals surface area contributed by atoms with Gasteiger partial charge in [0.05, 0.1) is 0 Å². The van der Waals surface area contributed by atoms with Crippen LogP contribution in [-0.4, -0.2) is 0 Å². The standard InChI is InChI=1S/C23H22/c1-16(2)23(3)14-8-13-21-19-11-5-4-9-17(19)18-10-6-7-12-20(18)22(21)15-23/h4-16H,1-3H3. The summed E-state index contributed by atoms with van der Waals surface area (Å²) >= 11 is 0. The second-order valence-electron chi connectivity index (χ2n) is 7.11. The van der Waals surface area contributed by atoms with Gasteiger partial charge in [-0.3, -0.25) is 0 Å². The molecule has 114 valence electrons. The third kappa shape index (κ3) is 2.13. The molecule has 3 aromatic carbocycles. The monoisotopic (exact) mass is 298 g/mol. The van der Waals surface area contributed by atoms with Gasteiger partial charge in [0.15, 0.2) is 0 Å². The van der Waals surface area contributed by atoms with Gasteiger partial charge in [-0.25, -0.2) is 0 Å². The highest BCUT2D eigenvalue weighted by Gasteiger charge is 2.23. The van der Waals surface area contributed by atoms with E-state index in [1.54, 1.807) is 0 Å². The van der Waals surface area contributed by atoms with Gasteiger partial charge in [-0.05, 0) is 37.9 Å². The number of hydrogen-bond donors (Lipinski definition) is 0. The number of allylic oxidation sites excluding steroid dienone is 2. The first-order chi connectivity index (χ1) is 11.1. The summed E-state index contributed by atoms with van der Waals surface area (Å²) in [7, 11) is 0. The predicted octanol–water partition coefficient (Wildman–Crippen LogP) is 4.79. The maximum Gasteiger partial charge on any atom is 0.00681 e. The largest absolute Gasteiger partial charge is 0.0745 e. The van der Waals surface area contributed by atoms with Crippen LogP contribution in [-0.2, 0) is 0 Å². The van der Waals surface area contributed by atoms with Gasteiger partial charge >= 0.3 is 0 Å². The lowest BCUT2D eigenvalue weighted by Gasteiger charge is -2.26.